The van der Waals surface area contributed by atoms with Crippen molar-refractivity contribution in [3.8, 4) is 5.69 Å². The SMILES string of the molecule is Cc1ccc(C2c3cccn3-c3ccccc3N2C(=O)CN(C(=O)Nc2c(C(C)C)cccc2C(C)C)C(C)C)cc1. The molecule has 1 unspecified atom stereocenters. The van der Waals surface area contributed by atoms with Gasteiger partial charge in [-0.3, -0.25) is 9.69 Å². The predicted molar refractivity (Wildman–Crippen MR) is 172 cm³/mol. The highest BCUT2D eigenvalue weighted by atomic mass is 16.2. The quantitative estimate of drug-likeness (QED) is 0.246. The number of carbonyl (C=O) groups is 2. The number of hydrogen-bond acceptors (Lipinski definition) is 2. The normalized spacial score (nSPS) is 14.2. The molecule has 3 aromatic carbocycles. The molecule has 2 heterocycles. The number of anilines is 2. The molecule has 6 heteroatoms. The lowest BCUT2D eigenvalue weighted by Crippen LogP contribution is -2.49. The maximum Gasteiger partial charge on any atom is 0.322 e. The van der Waals surface area contributed by atoms with Gasteiger partial charge in [0, 0.05) is 17.9 Å². The van der Waals surface area contributed by atoms with Crippen LogP contribution >= 0.6 is 0 Å². The van der Waals surface area contributed by atoms with Crippen molar-refractivity contribution in [3.05, 3.63) is 113 Å². The van der Waals surface area contributed by atoms with Crippen LogP contribution in [0.25, 0.3) is 5.69 Å². The molecule has 0 saturated carbocycles. The van der Waals surface area contributed by atoms with Gasteiger partial charge in [0.15, 0.2) is 0 Å². The van der Waals surface area contributed by atoms with Gasteiger partial charge in [-0.05, 0) is 73.6 Å². The number of benzene rings is 3. The summed E-state index contributed by atoms with van der Waals surface area (Å²) in [6.45, 7) is 14.5. The molecule has 0 fully saturated rings. The van der Waals surface area contributed by atoms with Gasteiger partial charge in [-0.1, -0.05) is 87.9 Å². The van der Waals surface area contributed by atoms with Crippen LogP contribution in [0.3, 0.4) is 0 Å². The van der Waals surface area contributed by atoms with Gasteiger partial charge >= 0.3 is 6.03 Å². The van der Waals surface area contributed by atoms with E-state index < -0.39 is 0 Å². The molecule has 0 radical (unpaired) electrons. The smallest absolute Gasteiger partial charge is 0.316 e. The lowest BCUT2D eigenvalue weighted by atomic mass is 9.93. The number of urea groups is 1. The largest absolute Gasteiger partial charge is 0.322 e. The van der Waals surface area contributed by atoms with Crippen molar-refractivity contribution in [1.29, 1.82) is 0 Å². The van der Waals surface area contributed by atoms with Crippen LogP contribution < -0.4 is 10.2 Å². The third-order valence-electron chi connectivity index (χ3n) is 8.18. The van der Waals surface area contributed by atoms with Crippen molar-refractivity contribution in [1.82, 2.24) is 9.47 Å². The lowest BCUT2D eigenvalue weighted by Gasteiger charge is -2.40. The highest BCUT2D eigenvalue weighted by Gasteiger charge is 2.37. The molecule has 1 aromatic heterocycles. The first-order valence-corrected chi connectivity index (χ1v) is 14.9. The van der Waals surface area contributed by atoms with Gasteiger partial charge in [0.2, 0.25) is 5.91 Å². The number of amides is 3. The minimum atomic E-state index is -0.325. The van der Waals surface area contributed by atoms with Crippen LogP contribution in [0.15, 0.2) is 85.1 Å². The Labute approximate surface area is 250 Å². The van der Waals surface area contributed by atoms with Crippen molar-refractivity contribution in [2.24, 2.45) is 0 Å². The summed E-state index contributed by atoms with van der Waals surface area (Å²) in [5.41, 5.74) is 8.01. The van der Waals surface area contributed by atoms with E-state index in [0.717, 1.165) is 45.0 Å². The summed E-state index contributed by atoms with van der Waals surface area (Å²) in [5.74, 6) is 0.347. The van der Waals surface area contributed by atoms with Gasteiger partial charge in [-0.25, -0.2) is 4.79 Å². The van der Waals surface area contributed by atoms with Crippen LogP contribution in [-0.4, -0.2) is 34.0 Å². The second-order valence-corrected chi connectivity index (χ2v) is 12.1. The predicted octanol–water partition coefficient (Wildman–Crippen LogP) is 8.41. The first-order chi connectivity index (χ1) is 20.1. The fourth-order valence-electron chi connectivity index (χ4n) is 5.91. The summed E-state index contributed by atoms with van der Waals surface area (Å²) in [6.07, 6.45) is 2.05. The Hall–Kier alpha value is -4.32. The van der Waals surface area contributed by atoms with Gasteiger partial charge in [0.25, 0.3) is 0 Å². The molecule has 0 saturated heterocycles. The Balaban J connectivity index is 1.52. The van der Waals surface area contributed by atoms with Crippen molar-refractivity contribution in [3.63, 3.8) is 0 Å². The van der Waals surface area contributed by atoms with Gasteiger partial charge in [0.1, 0.15) is 12.6 Å². The summed E-state index contributed by atoms with van der Waals surface area (Å²) < 4.78 is 2.16. The van der Waals surface area contributed by atoms with E-state index >= 15 is 0 Å². The number of aryl methyl sites for hydroxylation is 1. The van der Waals surface area contributed by atoms with Crippen molar-refractivity contribution in [2.75, 3.05) is 16.8 Å². The standard InChI is InChI=1S/C36H42N4O2/c1-23(2)28-12-10-13-29(24(3)4)34(28)37-36(42)39(25(5)6)22-33(41)40-31-15-9-8-14-30(31)38-21-11-16-32(38)35(40)27-19-17-26(7)18-20-27/h8-21,23-25,35H,22H2,1-7H3,(H,37,42). The number of aromatic nitrogens is 1. The molecule has 1 aliphatic heterocycles. The average molecular weight is 563 g/mol. The van der Waals surface area contributed by atoms with E-state index in [9.17, 15) is 9.59 Å². The molecule has 6 nitrogen and oxygen atoms in total. The van der Waals surface area contributed by atoms with Crippen LogP contribution in [0, 0.1) is 6.92 Å². The Kier molecular flexibility index (Phi) is 8.26. The average Bonchev–Trinajstić information content (AvgIpc) is 3.45. The van der Waals surface area contributed by atoms with Crippen LogP contribution in [0.1, 0.15) is 87.4 Å². The number of nitrogens with zero attached hydrogens (tertiary/aromatic N) is 3. The number of carbonyl (C=O) groups excluding carboxylic acids is 2. The number of rotatable bonds is 7. The van der Waals surface area contributed by atoms with E-state index in [1.54, 1.807) is 4.90 Å². The zero-order valence-electron chi connectivity index (χ0n) is 25.8. The van der Waals surface area contributed by atoms with Gasteiger partial charge in [0.05, 0.1) is 17.1 Å². The Bertz CT molecular complexity index is 1560. The molecule has 3 amide bonds. The maximum atomic E-state index is 14.5. The summed E-state index contributed by atoms with van der Waals surface area (Å²) in [5, 5.41) is 3.22. The van der Waals surface area contributed by atoms with E-state index in [2.05, 4.69) is 93.0 Å². The number of fused-ring (bicyclic) bond motifs is 3. The van der Waals surface area contributed by atoms with Crippen LogP contribution in [0.4, 0.5) is 16.2 Å². The van der Waals surface area contributed by atoms with Gasteiger partial charge in [-0.2, -0.15) is 0 Å². The molecule has 4 aromatic rings. The fourth-order valence-corrected chi connectivity index (χ4v) is 5.91. The minimum Gasteiger partial charge on any atom is -0.316 e. The van der Waals surface area contributed by atoms with Crippen molar-refractivity contribution >= 4 is 23.3 Å². The summed E-state index contributed by atoms with van der Waals surface area (Å²) in [7, 11) is 0. The third kappa shape index (κ3) is 5.46. The molecule has 0 bridgehead atoms. The minimum absolute atomic E-state index is 0.0538. The lowest BCUT2D eigenvalue weighted by molar-refractivity contribution is -0.119. The van der Waals surface area contributed by atoms with Gasteiger partial charge in [-0.15, -0.1) is 0 Å². The molecule has 1 atom stereocenters. The Morgan fingerprint density at radius 2 is 1.40 bits per heavy atom. The van der Waals surface area contributed by atoms with Crippen LogP contribution in [-0.2, 0) is 4.79 Å². The molecular weight excluding hydrogens is 520 g/mol. The molecule has 0 aliphatic carbocycles. The first kappa shape index (κ1) is 29.2. The van der Waals surface area contributed by atoms with Gasteiger partial charge < -0.3 is 14.8 Å². The van der Waals surface area contributed by atoms with Crippen LogP contribution in [0.5, 0.6) is 0 Å². The van der Waals surface area contributed by atoms with E-state index in [0.29, 0.717) is 0 Å². The molecule has 0 spiro atoms. The van der Waals surface area contributed by atoms with Crippen LogP contribution in [0.2, 0.25) is 0 Å². The second-order valence-electron chi connectivity index (χ2n) is 12.1. The summed E-state index contributed by atoms with van der Waals surface area (Å²) >= 11 is 0. The van der Waals surface area contributed by atoms with Crippen molar-refractivity contribution in [2.45, 2.75) is 72.4 Å². The molecule has 5 rings (SSSR count). The molecule has 1 N–H and O–H groups in total. The van der Waals surface area contributed by atoms with E-state index in [1.807, 2.05) is 55.3 Å². The molecule has 218 valence electrons. The van der Waals surface area contributed by atoms with E-state index in [-0.39, 0.29) is 42.4 Å². The highest BCUT2D eigenvalue weighted by Crippen LogP contribution is 2.42. The van der Waals surface area contributed by atoms with E-state index in [4.69, 9.17) is 0 Å². The zero-order chi connectivity index (χ0) is 30.1. The number of hydrogen-bond donors (Lipinski definition) is 1. The molecule has 42 heavy (non-hydrogen) atoms. The Morgan fingerprint density at radius 1 is 0.786 bits per heavy atom. The number of para-hydroxylation sites is 3. The fraction of sp³-hybridized carbons (Fsp3) is 0.333. The van der Waals surface area contributed by atoms with Crippen molar-refractivity contribution < 1.29 is 9.59 Å². The molecular formula is C36H42N4O2. The second kappa shape index (κ2) is 11.9. The molecule has 1 aliphatic rings. The number of nitrogens with one attached hydrogen (secondary N) is 1. The Morgan fingerprint density at radius 3 is 2.00 bits per heavy atom. The summed E-state index contributed by atoms with van der Waals surface area (Å²) in [4.78, 5) is 31.9. The maximum absolute atomic E-state index is 14.5. The first-order valence-electron chi connectivity index (χ1n) is 14.9. The topological polar surface area (TPSA) is 57.6 Å². The highest BCUT2D eigenvalue weighted by molar-refractivity contribution is 6.02. The monoisotopic (exact) mass is 562 g/mol. The van der Waals surface area contributed by atoms with E-state index in [1.165, 1.54) is 0 Å². The zero-order valence-corrected chi connectivity index (χ0v) is 25.8. The third-order valence-corrected chi connectivity index (χ3v) is 8.18. The summed E-state index contributed by atoms with van der Waals surface area (Å²) in [6, 6.07) is 25.8.